The number of para-hydroxylation sites is 1. The summed E-state index contributed by atoms with van der Waals surface area (Å²) >= 11 is 0. The SMILES string of the molecule is Cc1c(NC(=O)c2ccc([NH3+])cc2)c(=O)n(-c2ccccc2)n1C. The highest BCUT2D eigenvalue weighted by atomic mass is 16.2. The van der Waals surface area contributed by atoms with Crippen molar-refractivity contribution in [3.63, 3.8) is 0 Å². The van der Waals surface area contributed by atoms with E-state index in [2.05, 4.69) is 11.1 Å². The number of nitrogens with zero attached hydrogens (tertiary/aromatic N) is 2. The molecule has 0 spiro atoms. The molecule has 0 aliphatic heterocycles. The van der Waals surface area contributed by atoms with E-state index in [-0.39, 0.29) is 17.2 Å². The summed E-state index contributed by atoms with van der Waals surface area (Å²) in [5, 5.41) is 2.73. The highest BCUT2D eigenvalue weighted by Gasteiger charge is 2.18. The molecule has 1 heterocycles. The number of hydrogen-bond acceptors (Lipinski definition) is 2. The summed E-state index contributed by atoms with van der Waals surface area (Å²) in [6, 6.07) is 16.2. The summed E-state index contributed by atoms with van der Waals surface area (Å²) in [5.41, 5.74) is 6.56. The fourth-order valence-electron chi connectivity index (χ4n) is 2.55. The molecule has 2 aromatic carbocycles. The van der Waals surface area contributed by atoms with Crippen LogP contribution in [-0.4, -0.2) is 15.3 Å². The predicted octanol–water partition coefficient (Wildman–Crippen LogP) is 1.61. The van der Waals surface area contributed by atoms with Crippen molar-refractivity contribution in [3.05, 3.63) is 76.2 Å². The van der Waals surface area contributed by atoms with E-state index in [1.165, 1.54) is 4.68 Å². The van der Waals surface area contributed by atoms with Gasteiger partial charge in [-0.2, -0.15) is 0 Å². The number of hydrogen-bond donors (Lipinski definition) is 2. The molecule has 0 fully saturated rings. The van der Waals surface area contributed by atoms with Gasteiger partial charge >= 0.3 is 0 Å². The first-order valence-electron chi connectivity index (χ1n) is 7.56. The first-order chi connectivity index (χ1) is 11.5. The summed E-state index contributed by atoms with van der Waals surface area (Å²) in [7, 11) is 1.79. The molecular weight excluding hydrogens is 304 g/mol. The molecule has 6 heteroatoms. The third kappa shape index (κ3) is 2.75. The Morgan fingerprint density at radius 3 is 2.29 bits per heavy atom. The van der Waals surface area contributed by atoms with E-state index < -0.39 is 0 Å². The summed E-state index contributed by atoms with van der Waals surface area (Å²) in [4.78, 5) is 25.1. The smallest absolute Gasteiger partial charge is 0.295 e. The van der Waals surface area contributed by atoms with Crippen LogP contribution in [0, 0.1) is 6.92 Å². The zero-order chi connectivity index (χ0) is 17.3. The molecule has 0 atom stereocenters. The number of rotatable bonds is 3. The number of nitrogens with one attached hydrogen (secondary N) is 1. The Kier molecular flexibility index (Phi) is 4.05. The van der Waals surface area contributed by atoms with E-state index in [1.54, 1.807) is 42.9 Å². The number of benzene rings is 2. The van der Waals surface area contributed by atoms with Gasteiger partial charge in [0.1, 0.15) is 11.4 Å². The van der Waals surface area contributed by atoms with Gasteiger partial charge in [0, 0.05) is 12.6 Å². The van der Waals surface area contributed by atoms with Crippen LogP contribution in [0.3, 0.4) is 0 Å². The molecule has 0 radical (unpaired) electrons. The highest BCUT2D eigenvalue weighted by Crippen LogP contribution is 2.15. The van der Waals surface area contributed by atoms with E-state index in [1.807, 2.05) is 30.3 Å². The molecule has 0 bridgehead atoms. The van der Waals surface area contributed by atoms with Crippen molar-refractivity contribution >= 4 is 17.3 Å². The molecule has 0 aliphatic carbocycles. The van der Waals surface area contributed by atoms with Crippen LogP contribution in [0.1, 0.15) is 16.1 Å². The second kappa shape index (κ2) is 6.17. The Morgan fingerprint density at radius 2 is 1.67 bits per heavy atom. The van der Waals surface area contributed by atoms with Crippen LogP contribution < -0.4 is 16.6 Å². The standard InChI is InChI=1S/C18H18N4O2/c1-12-16(20-17(23)13-8-10-14(19)11-9-13)18(24)22(21(12)2)15-6-4-3-5-7-15/h3-11H,19H2,1-2H3,(H,20,23)/p+1. The summed E-state index contributed by atoms with van der Waals surface area (Å²) in [6.07, 6.45) is 0. The van der Waals surface area contributed by atoms with E-state index in [0.29, 0.717) is 11.3 Å². The van der Waals surface area contributed by atoms with E-state index in [0.717, 1.165) is 11.4 Å². The third-order valence-electron chi connectivity index (χ3n) is 4.01. The minimum absolute atomic E-state index is 0.261. The lowest BCUT2D eigenvalue weighted by atomic mass is 10.2. The van der Waals surface area contributed by atoms with Gasteiger partial charge in [-0.05, 0) is 43.3 Å². The normalized spacial score (nSPS) is 10.6. The minimum Gasteiger partial charge on any atom is -0.325 e. The van der Waals surface area contributed by atoms with Crippen LogP contribution in [0.5, 0.6) is 0 Å². The maximum atomic E-state index is 12.7. The molecule has 0 aliphatic rings. The molecule has 0 saturated heterocycles. The van der Waals surface area contributed by atoms with Crippen molar-refractivity contribution in [1.29, 1.82) is 0 Å². The van der Waals surface area contributed by atoms with Gasteiger partial charge in [0.2, 0.25) is 0 Å². The monoisotopic (exact) mass is 323 g/mol. The fourth-order valence-corrected chi connectivity index (χ4v) is 2.55. The number of carbonyl (C=O) groups excluding carboxylic acids is 1. The van der Waals surface area contributed by atoms with Crippen LogP contribution in [0.25, 0.3) is 5.69 Å². The van der Waals surface area contributed by atoms with Gasteiger partial charge in [-0.3, -0.25) is 14.3 Å². The maximum absolute atomic E-state index is 12.7. The largest absolute Gasteiger partial charge is 0.325 e. The Labute approximate surface area is 139 Å². The summed E-state index contributed by atoms with van der Waals surface area (Å²) < 4.78 is 3.26. The van der Waals surface area contributed by atoms with Gasteiger partial charge in [-0.25, -0.2) is 4.68 Å². The maximum Gasteiger partial charge on any atom is 0.295 e. The van der Waals surface area contributed by atoms with Crippen LogP contribution in [0.2, 0.25) is 0 Å². The lowest BCUT2D eigenvalue weighted by molar-refractivity contribution is -0.254. The van der Waals surface area contributed by atoms with Crippen molar-refractivity contribution in [2.24, 2.45) is 7.05 Å². The quantitative estimate of drug-likeness (QED) is 0.767. The molecular formula is C18H19N4O2+. The Bertz CT molecular complexity index is 938. The van der Waals surface area contributed by atoms with Gasteiger partial charge in [0.05, 0.1) is 11.4 Å². The van der Waals surface area contributed by atoms with Crippen LogP contribution in [-0.2, 0) is 7.05 Å². The second-order valence-corrected chi connectivity index (χ2v) is 5.59. The van der Waals surface area contributed by atoms with Crippen molar-refractivity contribution < 1.29 is 10.5 Å². The van der Waals surface area contributed by atoms with Gasteiger partial charge in [0.15, 0.2) is 0 Å². The van der Waals surface area contributed by atoms with Crippen molar-refractivity contribution in [2.45, 2.75) is 6.92 Å². The van der Waals surface area contributed by atoms with Gasteiger partial charge in [-0.15, -0.1) is 0 Å². The zero-order valence-electron chi connectivity index (χ0n) is 13.6. The predicted molar refractivity (Wildman–Crippen MR) is 92.7 cm³/mol. The van der Waals surface area contributed by atoms with Crippen LogP contribution in [0.15, 0.2) is 59.4 Å². The number of anilines is 1. The Balaban J connectivity index is 1.99. The molecule has 0 unspecified atom stereocenters. The van der Waals surface area contributed by atoms with Gasteiger partial charge in [-0.1, -0.05) is 18.2 Å². The summed E-state index contributed by atoms with van der Waals surface area (Å²) in [5.74, 6) is -0.319. The number of quaternary nitrogens is 1. The zero-order valence-corrected chi connectivity index (χ0v) is 13.6. The first-order valence-corrected chi connectivity index (χ1v) is 7.56. The molecule has 4 N–H and O–H groups in total. The topological polar surface area (TPSA) is 83.7 Å². The van der Waals surface area contributed by atoms with Crippen LogP contribution >= 0.6 is 0 Å². The Hall–Kier alpha value is -3.12. The van der Waals surface area contributed by atoms with Crippen molar-refractivity contribution in [1.82, 2.24) is 9.36 Å². The van der Waals surface area contributed by atoms with Crippen molar-refractivity contribution in [3.8, 4) is 5.69 Å². The average Bonchev–Trinajstić information content (AvgIpc) is 2.80. The molecule has 24 heavy (non-hydrogen) atoms. The number of aromatic nitrogens is 2. The van der Waals surface area contributed by atoms with E-state index in [4.69, 9.17) is 0 Å². The van der Waals surface area contributed by atoms with E-state index in [9.17, 15) is 9.59 Å². The van der Waals surface area contributed by atoms with Gasteiger partial charge < -0.3 is 11.1 Å². The number of amides is 1. The van der Waals surface area contributed by atoms with Crippen LogP contribution in [0.4, 0.5) is 11.4 Å². The molecule has 3 aromatic rings. The first kappa shape index (κ1) is 15.8. The summed E-state index contributed by atoms with van der Waals surface area (Å²) in [6.45, 7) is 1.80. The molecule has 1 amide bonds. The lowest BCUT2D eigenvalue weighted by Gasteiger charge is -2.07. The molecule has 122 valence electrons. The Morgan fingerprint density at radius 1 is 1.04 bits per heavy atom. The fraction of sp³-hybridized carbons (Fsp3) is 0.111. The lowest BCUT2D eigenvalue weighted by Crippen LogP contribution is -2.40. The van der Waals surface area contributed by atoms with Crippen molar-refractivity contribution in [2.75, 3.05) is 5.32 Å². The van der Waals surface area contributed by atoms with Gasteiger partial charge in [0.25, 0.3) is 11.5 Å². The average molecular weight is 323 g/mol. The highest BCUT2D eigenvalue weighted by molar-refractivity contribution is 6.04. The molecule has 6 nitrogen and oxygen atoms in total. The third-order valence-corrected chi connectivity index (χ3v) is 4.01. The second-order valence-electron chi connectivity index (χ2n) is 5.59. The van der Waals surface area contributed by atoms with E-state index >= 15 is 0 Å². The minimum atomic E-state index is -0.319. The molecule has 3 rings (SSSR count). The molecule has 1 aromatic heterocycles. The number of carbonyl (C=O) groups is 1. The molecule has 0 saturated carbocycles.